The van der Waals surface area contributed by atoms with E-state index in [1.54, 1.807) is 0 Å². The van der Waals surface area contributed by atoms with Gasteiger partial charge in [-0.25, -0.2) is 0 Å². The Hall–Kier alpha value is -0.730. The molecule has 0 spiro atoms. The molecule has 128 valence electrons. The topological polar surface area (TPSA) is 80.5 Å². The van der Waals surface area contributed by atoms with Crippen molar-refractivity contribution in [3.8, 4) is 0 Å². The van der Waals surface area contributed by atoms with E-state index in [0.29, 0.717) is 0 Å². The maximum Gasteiger partial charge on any atom is 0.239 e. The number of carbonyl (C=O) groups excluding carboxylic acids is 1. The molecule has 2 rings (SSSR count). The summed E-state index contributed by atoms with van der Waals surface area (Å²) in [5.41, 5.74) is 0. The summed E-state index contributed by atoms with van der Waals surface area (Å²) in [5.74, 6) is 0.265. The fourth-order valence-corrected chi connectivity index (χ4v) is 2.91. The van der Waals surface area contributed by atoms with Gasteiger partial charge in [0.1, 0.15) is 0 Å². The molecule has 0 aliphatic carbocycles. The number of amides is 1. The van der Waals surface area contributed by atoms with Crippen molar-refractivity contribution < 1.29 is 4.79 Å². The normalized spacial score (nSPS) is 27.1. The van der Waals surface area contributed by atoms with E-state index in [2.05, 4.69) is 26.6 Å². The summed E-state index contributed by atoms with van der Waals surface area (Å²) in [6, 6.07) is 0.0328. The number of nitrogens with zero attached hydrogens (tertiary/aromatic N) is 1. The molecular weight excluding hydrogens is 280 g/mol. The zero-order valence-electron chi connectivity index (χ0n) is 13.6. The average Bonchev–Trinajstić information content (AvgIpc) is 3.05. The van der Waals surface area contributed by atoms with Crippen LogP contribution in [0.3, 0.4) is 0 Å². The van der Waals surface area contributed by atoms with Crippen molar-refractivity contribution in [1.29, 1.82) is 0 Å². The Morgan fingerprint density at radius 2 is 1.23 bits per heavy atom. The Balaban J connectivity index is 1.78. The van der Waals surface area contributed by atoms with Gasteiger partial charge in [-0.15, -0.1) is 0 Å². The molecule has 0 bridgehead atoms. The van der Waals surface area contributed by atoms with Crippen LogP contribution in [0.25, 0.3) is 0 Å². The number of rotatable bonds is 1. The van der Waals surface area contributed by atoms with E-state index in [-0.39, 0.29) is 11.9 Å². The maximum absolute atomic E-state index is 12.6. The molecule has 22 heavy (non-hydrogen) atoms. The quantitative estimate of drug-likeness (QED) is 0.383. The summed E-state index contributed by atoms with van der Waals surface area (Å²) in [6.07, 6.45) is 2.09. The lowest BCUT2D eigenvalue weighted by atomic mass is 10.2. The molecule has 0 aromatic rings. The van der Waals surface area contributed by atoms with Crippen LogP contribution in [-0.2, 0) is 4.79 Å². The fourth-order valence-electron chi connectivity index (χ4n) is 2.91. The van der Waals surface area contributed by atoms with Crippen molar-refractivity contribution in [2.75, 3.05) is 72.0 Å². The molecule has 0 radical (unpaired) electrons. The van der Waals surface area contributed by atoms with Crippen molar-refractivity contribution in [2.24, 2.45) is 0 Å². The lowest BCUT2D eigenvalue weighted by Crippen LogP contribution is -2.48. The van der Waals surface area contributed by atoms with Gasteiger partial charge in [0.15, 0.2) is 0 Å². The Labute approximate surface area is 134 Å². The second-order valence-electron chi connectivity index (χ2n) is 5.97. The summed E-state index contributed by atoms with van der Waals surface area (Å²) in [5, 5.41) is 16.9. The zero-order chi connectivity index (χ0) is 15.5. The predicted molar refractivity (Wildman–Crippen MR) is 89.1 cm³/mol. The Bertz CT molecular complexity index is 292. The summed E-state index contributed by atoms with van der Waals surface area (Å²) >= 11 is 0. The third-order valence-electron chi connectivity index (χ3n) is 4.22. The van der Waals surface area contributed by atoms with Crippen LogP contribution in [0.15, 0.2) is 0 Å². The van der Waals surface area contributed by atoms with Crippen LogP contribution in [0, 0.1) is 0 Å². The highest BCUT2D eigenvalue weighted by molar-refractivity contribution is 5.82. The van der Waals surface area contributed by atoms with E-state index in [0.717, 1.165) is 84.8 Å². The molecule has 2 aliphatic heterocycles. The summed E-state index contributed by atoms with van der Waals surface area (Å²) in [6.45, 7) is 10.1. The van der Waals surface area contributed by atoms with Crippen molar-refractivity contribution >= 4 is 5.91 Å². The van der Waals surface area contributed by atoms with Crippen LogP contribution in [0.2, 0.25) is 0 Å². The summed E-state index contributed by atoms with van der Waals surface area (Å²) in [4.78, 5) is 14.6. The van der Waals surface area contributed by atoms with Gasteiger partial charge in [-0.1, -0.05) is 0 Å². The lowest BCUT2D eigenvalue weighted by molar-refractivity contribution is -0.133. The Morgan fingerprint density at radius 3 is 1.68 bits per heavy atom. The van der Waals surface area contributed by atoms with Gasteiger partial charge in [0, 0.05) is 65.4 Å². The van der Waals surface area contributed by atoms with Crippen molar-refractivity contribution in [2.45, 2.75) is 18.9 Å². The molecule has 5 N–H and O–H groups in total. The van der Waals surface area contributed by atoms with Crippen molar-refractivity contribution in [3.63, 3.8) is 0 Å². The second-order valence-corrected chi connectivity index (χ2v) is 5.97. The third kappa shape index (κ3) is 6.58. The van der Waals surface area contributed by atoms with Crippen LogP contribution in [-0.4, -0.2) is 88.8 Å². The summed E-state index contributed by atoms with van der Waals surface area (Å²) < 4.78 is 0. The fraction of sp³-hybridized carbons (Fsp3) is 0.933. The molecule has 0 unspecified atom stereocenters. The maximum atomic E-state index is 12.6. The largest absolute Gasteiger partial charge is 0.339 e. The molecule has 7 heteroatoms. The smallest absolute Gasteiger partial charge is 0.239 e. The van der Waals surface area contributed by atoms with Gasteiger partial charge in [-0.05, 0) is 19.4 Å². The third-order valence-corrected chi connectivity index (χ3v) is 4.22. The second kappa shape index (κ2) is 10.9. The molecule has 2 saturated heterocycles. The minimum Gasteiger partial charge on any atom is -0.339 e. The van der Waals surface area contributed by atoms with E-state index < -0.39 is 0 Å². The molecule has 2 heterocycles. The van der Waals surface area contributed by atoms with Gasteiger partial charge in [-0.2, -0.15) is 0 Å². The highest BCUT2D eigenvalue weighted by atomic mass is 16.2. The number of hydrogen-bond acceptors (Lipinski definition) is 6. The van der Waals surface area contributed by atoms with Gasteiger partial charge in [0.2, 0.25) is 5.91 Å². The van der Waals surface area contributed by atoms with Gasteiger partial charge in [-0.3, -0.25) is 4.79 Å². The van der Waals surface area contributed by atoms with Crippen LogP contribution in [0.1, 0.15) is 12.8 Å². The first-order chi connectivity index (χ1) is 10.9. The number of carbonyl (C=O) groups is 1. The SMILES string of the molecule is O=C([C@@H]1CCCN1)N1CCNCCNCCNCCNCC1. The average molecular weight is 312 g/mol. The van der Waals surface area contributed by atoms with E-state index in [4.69, 9.17) is 0 Å². The van der Waals surface area contributed by atoms with E-state index in [1.807, 2.05) is 4.90 Å². The Morgan fingerprint density at radius 1 is 0.727 bits per heavy atom. The van der Waals surface area contributed by atoms with E-state index in [1.165, 1.54) is 0 Å². The lowest BCUT2D eigenvalue weighted by Gasteiger charge is -2.26. The zero-order valence-corrected chi connectivity index (χ0v) is 13.6. The van der Waals surface area contributed by atoms with Crippen LogP contribution in [0.4, 0.5) is 0 Å². The monoisotopic (exact) mass is 312 g/mol. The van der Waals surface area contributed by atoms with Crippen LogP contribution >= 0.6 is 0 Å². The minimum absolute atomic E-state index is 0.0328. The van der Waals surface area contributed by atoms with Gasteiger partial charge in [0.25, 0.3) is 0 Å². The van der Waals surface area contributed by atoms with E-state index >= 15 is 0 Å². The number of nitrogens with one attached hydrogen (secondary N) is 5. The standard InChI is InChI=1S/C15H32N6O/c22-15(14-2-1-3-20-14)21-12-10-18-8-6-16-4-5-17-7-9-19-11-13-21/h14,16-20H,1-13H2/t14-/m0/s1. The van der Waals surface area contributed by atoms with Crippen LogP contribution < -0.4 is 26.6 Å². The van der Waals surface area contributed by atoms with Crippen LogP contribution in [0.5, 0.6) is 0 Å². The highest BCUT2D eigenvalue weighted by Gasteiger charge is 2.26. The Kier molecular flexibility index (Phi) is 8.74. The molecule has 2 aliphatic rings. The van der Waals surface area contributed by atoms with Gasteiger partial charge < -0.3 is 31.5 Å². The number of hydrogen-bond donors (Lipinski definition) is 5. The van der Waals surface area contributed by atoms with Gasteiger partial charge in [0.05, 0.1) is 6.04 Å². The molecule has 0 saturated carbocycles. The highest BCUT2D eigenvalue weighted by Crippen LogP contribution is 2.08. The first kappa shape index (κ1) is 17.6. The molecule has 7 nitrogen and oxygen atoms in total. The summed E-state index contributed by atoms with van der Waals surface area (Å²) in [7, 11) is 0. The van der Waals surface area contributed by atoms with Crippen molar-refractivity contribution in [1.82, 2.24) is 31.5 Å². The predicted octanol–water partition coefficient (Wildman–Crippen LogP) is -2.06. The van der Waals surface area contributed by atoms with Gasteiger partial charge >= 0.3 is 0 Å². The molecule has 1 atom stereocenters. The first-order valence-corrected chi connectivity index (χ1v) is 8.73. The molecule has 0 aromatic carbocycles. The molecule has 2 fully saturated rings. The van der Waals surface area contributed by atoms with Crippen molar-refractivity contribution in [3.05, 3.63) is 0 Å². The first-order valence-electron chi connectivity index (χ1n) is 8.73. The minimum atomic E-state index is 0.0328. The molecular formula is C15H32N6O. The van der Waals surface area contributed by atoms with E-state index in [9.17, 15) is 4.79 Å². The molecule has 1 amide bonds. The molecule has 0 aromatic heterocycles.